The Labute approximate surface area is 195 Å². The summed E-state index contributed by atoms with van der Waals surface area (Å²) in [6.07, 6.45) is 3.92. The van der Waals surface area contributed by atoms with Crippen LogP contribution in [0.25, 0.3) is 5.65 Å². The molecule has 8 heteroatoms. The van der Waals surface area contributed by atoms with Crippen molar-refractivity contribution in [2.45, 2.75) is 46.3 Å². The highest BCUT2D eigenvalue weighted by molar-refractivity contribution is 14.0. The van der Waals surface area contributed by atoms with Gasteiger partial charge in [-0.15, -0.1) is 34.2 Å². The summed E-state index contributed by atoms with van der Waals surface area (Å²) in [4.78, 5) is 4.32. The number of rotatable bonds is 8. The number of benzene rings is 1. The molecule has 3 aromatic rings. The third-order valence-electron chi connectivity index (χ3n) is 4.51. The third kappa shape index (κ3) is 6.58. The van der Waals surface area contributed by atoms with Crippen LogP contribution in [0.5, 0.6) is 5.75 Å². The van der Waals surface area contributed by atoms with Crippen LogP contribution in [0, 0.1) is 6.92 Å². The van der Waals surface area contributed by atoms with E-state index in [1.54, 1.807) is 7.05 Å². The number of pyridine rings is 1. The lowest BCUT2D eigenvalue weighted by molar-refractivity contribution is 0.239. The van der Waals surface area contributed by atoms with Crippen LogP contribution in [0.3, 0.4) is 0 Å². The number of hydrogen-bond donors (Lipinski definition) is 2. The van der Waals surface area contributed by atoms with Gasteiger partial charge in [-0.05, 0) is 51.0 Å². The molecule has 2 aromatic heterocycles. The highest BCUT2D eigenvalue weighted by atomic mass is 127. The molecule has 0 saturated carbocycles. The molecule has 0 saturated heterocycles. The summed E-state index contributed by atoms with van der Waals surface area (Å²) in [7, 11) is 1.78. The van der Waals surface area contributed by atoms with Crippen LogP contribution in [-0.2, 0) is 13.0 Å². The lowest BCUT2D eigenvalue weighted by Gasteiger charge is -2.17. The zero-order chi connectivity index (χ0) is 20.6. The Bertz CT molecular complexity index is 969. The number of aromatic nitrogens is 3. The van der Waals surface area contributed by atoms with Gasteiger partial charge in [-0.3, -0.25) is 9.39 Å². The second-order valence-electron chi connectivity index (χ2n) is 7.28. The fourth-order valence-corrected chi connectivity index (χ4v) is 3.09. The van der Waals surface area contributed by atoms with Crippen LogP contribution in [0.15, 0.2) is 47.6 Å². The number of nitrogens with zero attached hydrogens (tertiary/aromatic N) is 4. The summed E-state index contributed by atoms with van der Waals surface area (Å²) in [5.74, 6) is 2.66. The van der Waals surface area contributed by atoms with E-state index in [4.69, 9.17) is 4.74 Å². The lowest BCUT2D eigenvalue weighted by Crippen LogP contribution is -2.37. The molecule has 7 nitrogen and oxygen atoms in total. The van der Waals surface area contributed by atoms with Crippen LogP contribution < -0.4 is 15.4 Å². The maximum absolute atomic E-state index is 5.95. The van der Waals surface area contributed by atoms with Crippen molar-refractivity contribution in [1.29, 1.82) is 0 Å². The standard InChI is InChI=1S/C22H30N6O.HI/c1-16(2)29-19-14-17(3)10-11-18(19)15-25-22(23-4)24-12-7-9-21-27-26-20-8-5-6-13-28(20)21;/h5-6,8,10-11,13-14,16H,7,9,12,15H2,1-4H3,(H2,23,24,25);1H. The third-order valence-corrected chi connectivity index (χ3v) is 4.51. The van der Waals surface area contributed by atoms with Gasteiger partial charge in [0.2, 0.25) is 0 Å². The average Bonchev–Trinajstić information content (AvgIpc) is 3.11. The molecule has 0 radical (unpaired) electrons. The van der Waals surface area contributed by atoms with Gasteiger partial charge >= 0.3 is 0 Å². The zero-order valence-electron chi connectivity index (χ0n) is 18.1. The van der Waals surface area contributed by atoms with E-state index in [1.165, 1.54) is 5.56 Å². The van der Waals surface area contributed by atoms with Gasteiger partial charge in [0.25, 0.3) is 0 Å². The fraction of sp³-hybridized carbons (Fsp3) is 0.409. The normalized spacial score (nSPS) is 11.4. The second kappa shape index (κ2) is 11.7. The Morgan fingerprint density at radius 2 is 2.00 bits per heavy atom. The highest BCUT2D eigenvalue weighted by Gasteiger charge is 2.08. The average molecular weight is 522 g/mol. The molecule has 0 atom stereocenters. The smallest absolute Gasteiger partial charge is 0.191 e. The Morgan fingerprint density at radius 1 is 1.17 bits per heavy atom. The lowest BCUT2D eigenvalue weighted by atomic mass is 10.1. The molecular formula is C22H31IN6O. The molecule has 1 aromatic carbocycles. The topological polar surface area (TPSA) is 75.8 Å². The van der Waals surface area contributed by atoms with Crippen LogP contribution in [0.1, 0.15) is 37.2 Å². The van der Waals surface area contributed by atoms with Crippen LogP contribution in [0.2, 0.25) is 0 Å². The van der Waals surface area contributed by atoms with E-state index in [2.05, 4.69) is 50.9 Å². The van der Waals surface area contributed by atoms with Crippen LogP contribution in [0.4, 0.5) is 0 Å². The fourth-order valence-electron chi connectivity index (χ4n) is 3.09. The molecule has 0 spiro atoms. The van der Waals surface area contributed by atoms with E-state index < -0.39 is 0 Å². The van der Waals surface area contributed by atoms with Crippen molar-refractivity contribution in [2.75, 3.05) is 13.6 Å². The van der Waals surface area contributed by atoms with E-state index >= 15 is 0 Å². The molecule has 0 aliphatic heterocycles. The number of hydrogen-bond acceptors (Lipinski definition) is 4. The molecule has 0 bridgehead atoms. The molecule has 0 aliphatic carbocycles. The van der Waals surface area contributed by atoms with Crippen molar-refractivity contribution in [3.05, 3.63) is 59.5 Å². The number of fused-ring (bicyclic) bond motifs is 1. The summed E-state index contributed by atoms with van der Waals surface area (Å²) in [6.45, 7) is 7.60. The summed E-state index contributed by atoms with van der Waals surface area (Å²) in [6, 6.07) is 12.2. The first-order valence-electron chi connectivity index (χ1n) is 10.1. The first-order chi connectivity index (χ1) is 14.1. The monoisotopic (exact) mass is 522 g/mol. The number of aryl methyl sites for hydroxylation is 2. The Morgan fingerprint density at radius 3 is 2.77 bits per heavy atom. The van der Waals surface area contributed by atoms with Gasteiger partial charge in [-0.1, -0.05) is 18.2 Å². The number of aliphatic imine (C=N–C) groups is 1. The van der Waals surface area contributed by atoms with E-state index in [0.717, 1.165) is 48.1 Å². The quantitative estimate of drug-likeness (QED) is 0.204. The number of nitrogens with one attached hydrogen (secondary N) is 2. The van der Waals surface area contributed by atoms with E-state index in [-0.39, 0.29) is 30.1 Å². The second-order valence-corrected chi connectivity index (χ2v) is 7.28. The first-order valence-corrected chi connectivity index (χ1v) is 10.1. The molecule has 30 heavy (non-hydrogen) atoms. The van der Waals surface area contributed by atoms with Crippen molar-refractivity contribution in [2.24, 2.45) is 4.99 Å². The van der Waals surface area contributed by atoms with Crippen molar-refractivity contribution in [1.82, 2.24) is 25.2 Å². The zero-order valence-corrected chi connectivity index (χ0v) is 20.4. The van der Waals surface area contributed by atoms with Gasteiger partial charge in [0, 0.05) is 38.3 Å². The minimum absolute atomic E-state index is 0. The van der Waals surface area contributed by atoms with Gasteiger partial charge in [0.05, 0.1) is 6.10 Å². The Balaban J connectivity index is 0.00000320. The van der Waals surface area contributed by atoms with Gasteiger partial charge in [-0.25, -0.2) is 0 Å². The first kappa shape index (κ1) is 23.9. The molecule has 0 unspecified atom stereocenters. The SMILES string of the molecule is CN=C(NCCCc1nnc2ccccn12)NCc1ccc(C)cc1OC(C)C.I. The summed E-state index contributed by atoms with van der Waals surface area (Å²) >= 11 is 0. The molecule has 0 amide bonds. The maximum Gasteiger partial charge on any atom is 0.191 e. The van der Waals surface area contributed by atoms with E-state index in [0.29, 0.717) is 6.54 Å². The van der Waals surface area contributed by atoms with Crippen molar-refractivity contribution >= 4 is 35.6 Å². The molecule has 2 N–H and O–H groups in total. The minimum Gasteiger partial charge on any atom is -0.491 e. The van der Waals surface area contributed by atoms with E-state index in [9.17, 15) is 0 Å². The molecular weight excluding hydrogens is 491 g/mol. The Kier molecular flexibility index (Phi) is 9.35. The van der Waals surface area contributed by atoms with Crippen LogP contribution >= 0.6 is 24.0 Å². The summed E-state index contributed by atoms with van der Waals surface area (Å²) < 4.78 is 7.98. The van der Waals surface area contributed by atoms with E-state index in [1.807, 2.05) is 42.6 Å². The summed E-state index contributed by atoms with van der Waals surface area (Å²) in [5, 5.41) is 15.2. The van der Waals surface area contributed by atoms with Crippen molar-refractivity contribution < 1.29 is 4.74 Å². The van der Waals surface area contributed by atoms with Crippen molar-refractivity contribution in [3.63, 3.8) is 0 Å². The Hall–Kier alpha value is -2.36. The van der Waals surface area contributed by atoms with Crippen LogP contribution in [-0.4, -0.2) is 40.3 Å². The molecule has 0 fully saturated rings. The van der Waals surface area contributed by atoms with Gasteiger partial charge in [0.1, 0.15) is 11.6 Å². The minimum atomic E-state index is 0. The van der Waals surface area contributed by atoms with Gasteiger partial charge < -0.3 is 15.4 Å². The number of halogens is 1. The molecule has 3 rings (SSSR count). The highest BCUT2D eigenvalue weighted by Crippen LogP contribution is 2.21. The number of ether oxygens (including phenoxy) is 1. The summed E-state index contributed by atoms with van der Waals surface area (Å²) in [5.41, 5.74) is 3.18. The van der Waals surface area contributed by atoms with Crippen molar-refractivity contribution in [3.8, 4) is 5.75 Å². The largest absolute Gasteiger partial charge is 0.491 e. The predicted molar refractivity (Wildman–Crippen MR) is 132 cm³/mol. The molecule has 162 valence electrons. The maximum atomic E-state index is 5.95. The molecule has 0 aliphatic rings. The predicted octanol–water partition coefficient (Wildman–Crippen LogP) is 3.74. The molecule has 2 heterocycles. The van der Waals surface area contributed by atoms with Gasteiger partial charge in [0.15, 0.2) is 11.6 Å². The van der Waals surface area contributed by atoms with Gasteiger partial charge in [-0.2, -0.15) is 0 Å². The number of guanidine groups is 1.